The molecular formula is C15H15N3OS. The Morgan fingerprint density at radius 3 is 3.10 bits per heavy atom. The van der Waals surface area contributed by atoms with Gasteiger partial charge in [-0.3, -0.25) is 0 Å². The highest BCUT2D eigenvalue weighted by atomic mass is 32.1. The molecule has 0 bridgehead atoms. The molecule has 0 aliphatic heterocycles. The average molecular weight is 285 g/mol. The molecule has 4 nitrogen and oxygen atoms in total. The van der Waals surface area contributed by atoms with E-state index >= 15 is 0 Å². The number of rotatable bonds is 3. The molecule has 3 aromatic heterocycles. The third-order valence-electron chi connectivity index (χ3n) is 3.59. The summed E-state index contributed by atoms with van der Waals surface area (Å²) in [6.07, 6.45) is 3.71. The van der Waals surface area contributed by atoms with Gasteiger partial charge < -0.3 is 9.72 Å². The lowest BCUT2D eigenvalue weighted by Gasteiger charge is -1.99. The van der Waals surface area contributed by atoms with Crippen molar-refractivity contribution in [1.82, 2.24) is 15.0 Å². The summed E-state index contributed by atoms with van der Waals surface area (Å²) in [5, 5.41) is 0. The van der Waals surface area contributed by atoms with Gasteiger partial charge in [0.05, 0.1) is 17.0 Å². The Hall–Kier alpha value is -1.88. The number of hydrogen-bond donors (Lipinski definition) is 1. The van der Waals surface area contributed by atoms with Crippen LogP contribution in [0.15, 0.2) is 18.2 Å². The van der Waals surface area contributed by atoms with E-state index in [-0.39, 0.29) is 0 Å². The van der Waals surface area contributed by atoms with Crippen LogP contribution in [0.1, 0.15) is 23.8 Å². The van der Waals surface area contributed by atoms with E-state index in [9.17, 15) is 0 Å². The molecule has 20 heavy (non-hydrogen) atoms. The molecule has 3 aromatic rings. The first-order valence-corrected chi connectivity index (χ1v) is 7.76. The molecule has 5 heteroatoms. The monoisotopic (exact) mass is 285 g/mol. The highest BCUT2D eigenvalue weighted by molar-refractivity contribution is 7.15. The Labute approximate surface area is 120 Å². The molecule has 0 atom stereocenters. The summed E-state index contributed by atoms with van der Waals surface area (Å²) in [7, 11) is 0. The number of aromatic nitrogens is 3. The number of aromatic amines is 1. The fourth-order valence-corrected chi connectivity index (χ4v) is 3.86. The highest BCUT2D eigenvalue weighted by Gasteiger charge is 2.17. The molecule has 0 amide bonds. The number of hydrogen-bond acceptors (Lipinski definition) is 4. The molecule has 4 rings (SSSR count). The van der Waals surface area contributed by atoms with E-state index in [0.29, 0.717) is 12.5 Å². The van der Waals surface area contributed by atoms with Gasteiger partial charge in [-0.1, -0.05) is 0 Å². The van der Waals surface area contributed by atoms with Crippen molar-refractivity contribution in [2.75, 3.05) is 6.61 Å². The molecule has 0 aromatic carbocycles. The molecule has 0 fully saturated rings. The number of ether oxygens (including phenoxy) is 1. The number of aryl methyl sites for hydroxylation is 2. The van der Waals surface area contributed by atoms with Crippen LogP contribution < -0.4 is 4.74 Å². The van der Waals surface area contributed by atoms with E-state index in [0.717, 1.165) is 17.0 Å². The van der Waals surface area contributed by atoms with E-state index in [1.807, 2.05) is 30.4 Å². The fourth-order valence-electron chi connectivity index (χ4n) is 2.67. The smallest absolute Gasteiger partial charge is 0.215 e. The van der Waals surface area contributed by atoms with Crippen LogP contribution in [-0.2, 0) is 12.8 Å². The summed E-state index contributed by atoms with van der Waals surface area (Å²) in [6, 6.07) is 6.13. The summed E-state index contributed by atoms with van der Waals surface area (Å²) in [6.45, 7) is 2.57. The van der Waals surface area contributed by atoms with Gasteiger partial charge in [-0.25, -0.2) is 4.98 Å². The van der Waals surface area contributed by atoms with Crippen molar-refractivity contribution < 1.29 is 4.74 Å². The van der Waals surface area contributed by atoms with Crippen LogP contribution in [0.2, 0.25) is 0 Å². The number of imidazole rings is 1. The van der Waals surface area contributed by atoms with Gasteiger partial charge in [0.1, 0.15) is 0 Å². The predicted octanol–water partition coefficient (Wildman–Crippen LogP) is 3.57. The van der Waals surface area contributed by atoms with E-state index in [2.05, 4.69) is 21.0 Å². The molecule has 0 unspecified atom stereocenters. The molecule has 0 radical (unpaired) electrons. The van der Waals surface area contributed by atoms with Gasteiger partial charge in [0.2, 0.25) is 5.88 Å². The minimum absolute atomic E-state index is 0.618. The summed E-state index contributed by atoms with van der Waals surface area (Å²) < 4.78 is 5.42. The van der Waals surface area contributed by atoms with Crippen molar-refractivity contribution in [3.8, 4) is 16.6 Å². The zero-order valence-corrected chi connectivity index (χ0v) is 12.1. The van der Waals surface area contributed by atoms with Crippen molar-refractivity contribution in [2.24, 2.45) is 0 Å². The molecule has 0 saturated heterocycles. The van der Waals surface area contributed by atoms with Crippen LogP contribution in [0.25, 0.3) is 21.9 Å². The van der Waals surface area contributed by atoms with Crippen LogP contribution in [0.4, 0.5) is 0 Å². The van der Waals surface area contributed by atoms with Gasteiger partial charge in [0, 0.05) is 10.9 Å². The topological polar surface area (TPSA) is 50.8 Å². The molecule has 1 aliphatic rings. The first kappa shape index (κ1) is 11.9. The summed E-state index contributed by atoms with van der Waals surface area (Å²) in [5.74, 6) is 1.55. The van der Waals surface area contributed by atoms with Gasteiger partial charge in [0.25, 0.3) is 0 Å². The number of nitrogens with one attached hydrogen (secondary N) is 1. The molecule has 0 spiro atoms. The van der Waals surface area contributed by atoms with Gasteiger partial charge in [0.15, 0.2) is 11.5 Å². The Balaban J connectivity index is 1.75. The Morgan fingerprint density at radius 2 is 2.25 bits per heavy atom. The minimum Gasteiger partial charge on any atom is -0.478 e. The van der Waals surface area contributed by atoms with Gasteiger partial charge >= 0.3 is 0 Å². The summed E-state index contributed by atoms with van der Waals surface area (Å²) in [4.78, 5) is 15.1. The van der Waals surface area contributed by atoms with Crippen LogP contribution in [-0.4, -0.2) is 21.6 Å². The van der Waals surface area contributed by atoms with Crippen molar-refractivity contribution in [3.05, 3.63) is 28.6 Å². The van der Waals surface area contributed by atoms with Crippen molar-refractivity contribution in [2.45, 2.75) is 26.2 Å². The Morgan fingerprint density at radius 1 is 1.30 bits per heavy atom. The maximum absolute atomic E-state index is 5.42. The average Bonchev–Trinajstić information content (AvgIpc) is 3.11. The maximum Gasteiger partial charge on any atom is 0.215 e. The predicted molar refractivity (Wildman–Crippen MR) is 80.4 cm³/mol. The van der Waals surface area contributed by atoms with E-state index in [4.69, 9.17) is 4.74 Å². The van der Waals surface area contributed by atoms with Gasteiger partial charge in [-0.15, -0.1) is 11.3 Å². The zero-order valence-electron chi connectivity index (χ0n) is 11.3. The lowest BCUT2D eigenvalue weighted by atomic mass is 10.2. The quantitative estimate of drug-likeness (QED) is 0.800. The molecule has 1 aliphatic carbocycles. The largest absolute Gasteiger partial charge is 0.478 e. The van der Waals surface area contributed by atoms with Crippen molar-refractivity contribution in [3.63, 3.8) is 0 Å². The van der Waals surface area contributed by atoms with Crippen LogP contribution >= 0.6 is 11.3 Å². The van der Waals surface area contributed by atoms with Crippen LogP contribution in [0, 0.1) is 0 Å². The number of pyridine rings is 1. The number of fused-ring (bicyclic) bond motifs is 2. The lowest BCUT2D eigenvalue weighted by Crippen LogP contribution is -1.93. The molecule has 3 heterocycles. The third kappa shape index (κ3) is 1.89. The number of H-pyrrole nitrogens is 1. The lowest BCUT2D eigenvalue weighted by molar-refractivity contribution is 0.328. The fraction of sp³-hybridized carbons (Fsp3) is 0.333. The standard InChI is InChI=1S/C15H15N3OS/c1-2-19-13-7-6-10-14(17-13)18-15(16-10)12-8-9-4-3-5-11(9)20-12/h6-8H,2-5H2,1H3,(H,16,17,18). The van der Waals surface area contributed by atoms with E-state index < -0.39 is 0 Å². The minimum atomic E-state index is 0.618. The first-order valence-electron chi connectivity index (χ1n) is 6.95. The Bertz CT molecular complexity index is 753. The zero-order chi connectivity index (χ0) is 13.5. The van der Waals surface area contributed by atoms with Crippen molar-refractivity contribution in [1.29, 1.82) is 0 Å². The SMILES string of the molecule is CCOc1ccc2[nH]c(-c3cc4c(s3)CCC4)nc2n1. The molecule has 1 N–H and O–H groups in total. The van der Waals surface area contributed by atoms with E-state index in [1.165, 1.54) is 34.6 Å². The van der Waals surface area contributed by atoms with Gasteiger partial charge in [-0.05, 0) is 43.9 Å². The van der Waals surface area contributed by atoms with Gasteiger partial charge in [-0.2, -0.15) is 4.98 Å². The van der Waals surface area contributed by atoms with E-state index in [1.54, 1.807) is 0 Å². The second-order valence-corrected chi connectivity index (χ2v) is 6.09. The highest BCUT2D eigenvalue weighted by Crippen LogP contribution is 2.35. The summed E-state index contributed by atoms with van der Waals surface area (Å²) >= 11 is 1.85. The number of nitrogens with zero attached hydrogens (tertiary/aromatic N) is 2. The number of thiophene rings is 1. The first-order chi connectivity index (χ1) is 9.83. The molecule has 0 saturated carbocycles. The van der Waals surface area contributed by atoms with Crippen LogP contribution in [0.3, 0.4) is 0 Å². The molecule has 102 valence electrons. The van der Waals surface area contributed by atoms with Crippen molar-refractivity contribution >= 4 is 22.5 Å². The molecular weight excluding hydrogens is 270 g/mol. The second-order valence-electron chi connectivity index (χ2n) is 4.95. The maximum atomic E-state index is 5.42. The summed E-state index contributed by atoms with van der Waals surface area (Å²) in [5.41, 5.74) is 3.17. The van der Waals surface area contributed by atoms with Crippen LogP contribution in [0.5, 0.6) is 5.88 Å². The third-order valence-corrected chi connectivity index (χ3v) is 4.84. The Kier molecular flexibility index (Phi) is 2.73. The normalized spacial score (nSPS) is 13.8. The second kappa shape index (κ2) is 4.59.